The van der Waals surface area contributed by atoms with Gasteiger partial charge in [0.1, 0.15) is 12.0 Å². The molecular weight excluding hydrogens is 204 g/mol. The fourth-order valence-corrected chi connectivity index (χ4v) is 1.36. The van der Waals surface area contributed by atoms with Crippen LogP contribution >= 0.6 is 0 Å². The first kappa shape index (κ1) is 12.2. The van der Waals surface area contributed by atoms with Crippen molar-refractivity contribution in [1.29, 1.82) is 0 Å². The highest BCUT2D eigenvalue weighted by atomic mass is 16.5. The first-order valence-corrected chi connectivity index (χ1v) is 4.96. The molecule has 0 radical (unpaired) electrons. The van der Waals surface area contributed by atoms with E-state index in [0.717, 1.165) is 16.7 Å². The lowest BCUT2D eigenvalue weighted by Crippen LogP contribution is -2.05. The highest BCUT2D eigenvalue weighted by molar-refractivity contribution is 5.78. The minimum atomic E-state index is -0.366. The van der Waals surface area contributed by atoms with Crippen LogP contribution < -0.4 is 4.74 Å². The van der Waals surface area contributed by atoms with Crippen LogP contribution in [0.5, 0.6) is 5.75 Å². The molecule has 1 rings (SSSR count). The number of carbonyl (C=O) groups excluding carboxylic acids is 2. The van der Waals surface area contributed by atoms with Gasteiger partial charge >= 0.3 is 5.97 Å². The molecule has 0 spiro atoms. The summed E-state index contributed by atoms with van der Waals surface area (Å²) in [5.41, 5.74) is 2.67. The van der Waals surface area contributed by atoms with E-state index in [1.54, 1.807) is 6.08 Å². The highest BCUT2D eigenvalue weighted by Gasteiger charge is 2.09. The van der Waals surface area contributed by atoms with Crippen molar-refractivity contribution in [2.24, 2.45) is 0 Å². The molecule has 16 heavy (non-hydrogen) atoms. The standard InChI is InChI=1S/C13H14O3/c1-9-6-7-12(5-4-8-14)13(10(9)2)16-11(3)15/h4-8H,1-3H3/b5-4-. The summed E-state index contributed by atoms with van der Waals surface area (Å²) in [4.78, 5) is 21.3. The molecular formula is C13H14O3. The third-order valence-corrected chi connectivity index (χ3v) is 2.31. The maximum Gasteiger partial charge on any atom is 0.308 e. The number of ether oxygens (including phenoxy) is 1. The fraction of sp³-hybridized carbons (Fsp3) is 0.231. The summed E-state index contributed by atoms with van der Waals surface area (Å²) in [7, 11) is 0. The van der Waals surface area contributed by atoms with E-state index in [1.807, 2.05) is 26.0 Å². The number of hydrogen-bond donors (Lipinski definition) is 0. The van der Waals surface area contributed by atoms with Gasteiger partial charge < -0.3 is 4.74 Å². The van der Waals surface area contributed by atoms with Crippen LogP contribution in [0.2, 0.25) is 0 Å². The van der Waals surface area contributed by atoms with E-state index in [9.17, 15) is 9.59 Å². The van der Waals surface area contributed by atoms with Crippen LogP contribution in [0.1, 0.15) is 23.6 Å². The Hall–Kier alpha value is -1.90. The van der Waals surface area contributed by atoms with E-state index in [2.05, 4.69) is 0 Å². The summed E-state index contributed by atoms with van der Waals surface area (Å²) < 4.78 is 5.15. The minimum absolute atomic E-state index is 0.366. The van der Waals surface area contributed by atoms with Crippen LogP contribution in [0.25, 0.3) is 6.08 Å². The van der Waals surface area contributed by atoms with Crippen LogP contribution in [0.15, 0.2) is 18.2 Å². The number of aryl methyl sites for hydroxylation is 1. The van der Waals surface area contributed by atoms with E-state index in [1.165, 1.54) is 13.0 Å². The second kappa shape index (κ2) is 5.26. The Bertz CT molecular complexity index is 445. The Kier molecular flexibility index (Phi) is 4.00. The first-order valence-electron chi connectivity index (χ1n) is 4.96. The molecule has 84 valence electrons. The molecule has 0 aliphatic heterocycles. The van der Waals surface area contributed by atoms with Crippen molar-refractivity contribution in [1.82, 2.24) is 0 Å². The van der Waals surface area contributed by atoms with Crippen molar-refractivity contribution < 1.29 is 14.3 Å². The van der Waals surface area contributed by atoms with Crippen molar-refractivity contribution in [3.63, 3.8) is 0 Å². The van der Waals surface area contributed by atoms with E-state index >= 15 is 0 Å². The highest BCUT2D eigenvalue weighted by Crippen LogP contribution is 2.27. The topological polar surface area (TPSA) is 43.4 Å². The molecule has 1 aromatic carbocycles. The predicted octanol–water partition coefficient (Wildman–Crippen LogP) is 2.44. The monoisotopic (exact) mass is 218 g/mol. The van der Waals surface area contributed by atoms with Gasteiger partial charge in [-0.2, -0.15) is 0 Å². The number of hydrogen-bond acceptors (Lipinski definition) is 3. The zero-order valence-electron chi connectivity index (χ0n) is 9.61. The largest absolute Gasteiger partial charge is 0.426 e. The molecule has 0 bridgehead atoms. The zero-order valence-corrected chi connectivity index (χ0v) is 9.61. The average molecular weight is 218 g/mol. The van der Waals surface area contributed by atoms with Crippen molar-refractivity contribution in [3.05, 3.63) is 34.9 Å². The second-order valence-electron chi connectivity index (χ2n) is 3.51. The summed E-state index contributed by atoms with van der Waals surface area (Å²) >= 11 is 0. The molecule has 0 saturated heterocycles. The number of esters is 1. The quantitative estimate of drug-likeness (QED) is 0.339. The number of aldehydes is 1. The lowest BCUT2D eigenvalue weighted by atomic mass is 10.0. The van der Waals surface area contributed by atoms with Crippen LogP contribution in [0.4, 0.5) is 0 Å². The third kappa shape index (κ3) is 2.79. The zero-order chi connectivity index (χ0) is 12.1. The molecule has 0 unspecified atom stereocenters. The van der Waals surface area contributed by atoms with Gasteiger partial charge in [-0.15, -0.1) is 0 Å². The lowest BCUT2D eigenvalue weighted by molar-refractivity contribution is -0.131. The van der Waals surface area contributed by atoms with Gasteiger partial charge in [0, 0.05) is 12.5 Å². The lowest BCUT2D eigenvalue weighted by Gasteiger charge is -2.11. The Morgan fingerprint density at radius 2 is 2.00 bits per heavy atom. The summed E-state index contributed by atoms with van der Waals surface area (Å²) in [6.45, 7) is 5.18. The van der Waals surface area contributed by atoms with Gasteiger partial charge in [0.2, 0.25) is 0 Å². The van der Waals surface area contributed by atoms with Gasteiger partial charge in [0.15, 0.2) is 0 Å². The molecule has 0 aliphatic rings. The molecule has 1 aromatic rings. The molecule has 0 aliphatic carbocycles. The molecule has 0 saturated carbocycles. The SMILES string of the molecule is CC(=O)Oc1c(/C=C\C=O)ccc(C)c1C. The van der Waals surface area contributed by atoms with E-state index < -0.39 is 0 Å². The van der Waals surface area contributed by atoms with Crippen LogP contribution in [0.3, 0.4) is 0 Å². The number of allylic oxidation sites excluding steroid dienone is 1. The third-order valence-electron chi connectivity index (χ3n) is 2.31. The van der Waals surface area contributed by atoms with Crippen LogP contribution in [0, 0.1) is 13.8 Å². The van der Waals surface area contributed by atoms with E-state index in [0.29, 0.717) is 12.0 Å². The summed E-state index contributed by atoms with van der Waals surface area (Å²) in [6.07, 6.45) is 3.68. The number of rotatable bonds is 3. The molecule has 0 fully saturated rings. The minimum Gasteiger partial charge on any atom is -0.426 e. The van der Waals surface area contributed by atoms with Crippen LogP contribution in [-0.4, -0.2) is 12.3 Å². The van der Waals surface area contributed by atoms with Gasteiger partial charge in [-0.25, -0.2) is 0 Å². The molecule has 0 atom stereocenters. The fourth-order valence-electron chi connectivity index (χ4n) is 1.36. The van der Waals surface area contributed by atoms with E-state index in [4.69, 9.17) is 4.74 Å². The number of benzene rings is 1. The van der Waals surface area contributed by atoms with Gasteiger partial charge in [-0.1, -0.05) is 12.1 Å². The first-order chi connectivity index (χ1) is 7.56. The average Bonchev–Trinajstić information content (AvgIpc) is 2.23. The van der Waals surface area contributed by atoms with Gasteiger partial charge in [-0.05, 0) is 37.1 Å². The number of carbonyl (C=O) groups is 2. The Morgan fingerprint density at radius 1 is 1.31 bits per heavy atom. The Balaban J connectivity index is 3.26. The molecule has 0 N–H and O–H groups in total. The normalized spacial score (nSPS) is 10.4. The molecule has 0 heterocycles. The van der Waals surface area contributed by atoms with Crippen molar-refractivity contribution in [3.8, 4) is 5.75 Å². The Morgan fingerprint density at radius 3 is 2.56 bits per heavy atom. The molecule has 3 nitrogen and oxygen atoms in total. The molecule has 3 heteroatoms. The summed E-state index contributed by atoms with van der Waals surface area (Å²) in [6, 6.07) is 3.74. The Labute approximate surface area is 94.7 Å². The predicted molar refractivity (Wildman–Crippen MR) is 62.3 cm³/mol. The maximum atomic E-state index is 11.0. The van der Waals surface area contributed by atoms with Gasteiger partial charge in [-0.3, -0.25) is 9.59 Å². The van der Waals surface area contributed by atoms with Crippen LogP contribution in [-0.2, 0) is 9.59 Å². The molecule has 0 aromatic heterocycles. The van der Waals surface area contributed by atoms with Gasteiger partial charge in [0.25, 0.3) is 0 Å². The van der Waals surface area contributed by atoms with Crippen molar-refractivity contribution >= 4 is 18.3 Å². The van der Waals surface area contributed by atoms with Crippen molar-refractivity contribution in [2.75, 3.05) is 0 Å². The van der Waals surface area contributed by atoms with E-state index in [-0.39, 0.29) is 5.97 Å². The summed E-state index contributed by atoms with van der Waals surface area (Å²) in [5.74, 6) is 0.153. The smallest absolute Gasteiger partial charge is 0.308 e. The van der Waals surface area contributed by atoms with Gasteiger partial charge in [0.05, 0.1) is 0 Å². The maximum absolute atomic E-state index is 11.0. The van der Waals surface area contributed by atoms with Crippen molar-refractivity contribution in [2.45, 2.75) is 20.8 Å². The summed E-state index contributed by atoms with van der Waals surface area (Å²) in [5, 5.41) is 0. The molecule has 0 amide bonds. The second-order valence-corrected chi connectivity index (χ2v) is 3.51.